The molecule has 0 bridgehead atoms. The zero-order chi connectivity index (χ0) is 17.2. The summed E-state index contributed by atoms with van der Waals surface area (Å²) in [5.41, 5.74) is -1.79. The number of alkyl halides is 5. The monoisotopic (exact) mass is 335 g/mol. The first-order valence-corrected chi connectivity index (χ1v) is 6.38. The Labute approximate surface area is 126 Å². The third-order valence-corrected chi connectivity index (χ3v) is 2.88. The highest BCUT2D eigenvalue weighted by Gasteiger charge is 2.32. The van der Waals surface area contributed by atoms with Crippen LogP contribution in [0.1, 0.15) is 35.0 Å². The largest absolute Gasteiger partial charge is 0.462 e. The highest BCUT2D eigenvalue weighted by Crippen LogP contribution is 2.34. The van der Waals surface area contributed by atoms with Crippen molar-refractivity contribution in [2.45, 2.75) is 19.5 Å². The number of hydrogen-bond donors (Lipinski definition) is 0. The lowest BCUT2D eigenvalue weighted by atomic mass is 10.0. The van der Waals surface area contributed by atoms with Crippen LogP contribution in [-0.2, 0) is 10.9 Å². The summed E-state index contributed by atoms with van der Waals surface area (Å²) in [7, 11) is 0. The van der Waals surface area contributed by atoms with Gasteiger partial charge >= 0.3 is 12.1 Å². The maximum atomic E-state index is 12.9. The number of carbonyl (C=O) groups is 1. The molecule has 0 spiro atoms. The lowest BCUT2D eigenvalue weighted by Gasteiger charge is -2.07. The topological polar surface area (TPSA) is 52.3 Å². The maximum Gasteiger partial charge on any atom is 0.416 e. The average molecular weight is 335 g/mol. The summed E-state index contributed by atoms with van der Waals surface area (Å²) >= 11 is 0. The normalized spacial score (nSPS) is 11.8. The van der Waals surface area contributed by atoms with Crippen LogP contribution in [0.4, 0.5) is 22.0 Å². The minimum absolute atomic E-state index is 0.0247. The molecule has 0 fully saturated rings. The van der Waals surface area contributed by atoms with Crippen molar-refractivity contribution in [1.82, 2.24) is 5.16 Å². The van der Waals surface area contributed by atoms with Gasteiger partial charge in [-0.3, -0.25) is 0 Å². The molecule has 0 saturated carbocycles. The molecule has 9 heteroatoms. The first-order valence-electron chi connectivity index (χ1n) is 6.38. The number of hydrogen-bond acceptors (Lipinski definition) is 4. The summed E-state index contributed by atoms with van der Waals surface area (Å²) in [6.45, 7) is 1.41. The summed E-state index contributed by atoms with van der Waals surface area (Å²) in [4.78, 5) is 11.8. The Balaban J connectivity index is 2.49. The van der Waals surface area contributed by atoms with Gasteiger partial charge in [0.1, 0.15) is 11.3 Å². The minimum atomic E-state index is -4.54. The van der Waals surface area contributed by atoms with Gasteiger partial charge in [0.15, 0.2) is 0 Å². The zero-order valence-corrected chi connectivity index (χ0v) is 11.7. The molecule has 0 aliphatic rings. The standard InChI is InChI=1S/C14H10F5NO3/c1-2-22-13(21)9-10(20-23-11(9)12(15)16)7-3-5-8(6-4-7)14(17,18)19/h3-6,12H,2H2,1H3. The van der Waals surface area contributed by atoms with E-state index in [1.165, 1.54) is 6.92 Å². The number of rotatable bonds is 4. The van der Waals surface area contributed by atoms with Gasteiger partial charge in [0, 0.05) is 5.56 Å². The minimum Gasteiger partial charge on any atom is -0.462 e. The molecule has 4 nitrogen and oxygen atoms in total. The van der Waals surface area contributed by atoms with Crippen LogP contribution in [-0.4, -0.2) is 17.7 Å². The number of halogens is 5. The molecule has 1 aromatic carbocycles. The number of ether oxygens (including phenoxy) is 1. The second-order valence-electron chi connectivity index (χ2n) is 4.37. The second-order valence-corrected chi connectivity index (χ2v) is 4.37. The van der Waals surface area contributed by atoms with Crippen LogP contribution in [0.25, 0.3) is 11.3 Å². The molecule has 1 aromatic heterocycles. The molecule has 0 aliphatic carbocycles. The van der Waals surface area contributed by atoms with E-state index in [1.807, 2.05) is 0 Å². The van der Waals surface area contributed by atoms with Crippen LogP contribution < -0.4 is 0 Å². The molecule has 0 amide bonds. The van der Waals surface area contributed by atoms with Gasteiger partial charge in [-0.15, -0.1) is 0 Å². The van der Waals surface area contributed by atoms with E-state index in [0.29, 0.717) is 0 Å². The van der Waals surface area contributed by atoms with Gasteiger partial charge in [0.2, 0.25) is 5.76 Å². The third-order valence-electron chi connectivity index (χ3n) is 2.88. The Kier molecular flexibility index (Phi) is 4.67. The molecule has 0 N–H and O–H groups in total. The number of carbonyl (C=O) groups excluding carboxylic acids is 1. The fourth-order valence-electron chi connectivity index (χ4n) is 1.87. The summed E-state index contributed by atoms with van der Waals surface area (Å²) in [6.07, 6.45) is -7.66. The number of nitrogens with zero attached hydrogens (tertiary/aromatic N) is 1. The molecule has 23 heavy (non-hydrogen) atoms. The lowest BCUT2D eigenvalue weighted by Crippen LogP contribution is -2.08. The molecule has 0 atom stereocenters. The van der Waals surface area contributed by atoms with E-state index in [2.05, 4.69) is 14.4 Å². The van der Waals surface area contributed by atoms with Crippen molar-refractivity contribution >= 4 is 5.97 Å². The third kappa shape index (κ3) is 3.49. The van der Waals surface area contributed by atoms with Crippen molar-refractivity contribution in [2.75, 3.05) is 6.61 Å². The molecule has 0 saturated heterocycles. The van der Waals surface area contributed by atoms with Gasteiger partial charge in [0.25, 0.3) is 6.43 Å². The summed E-state index contributed by atoms with van der Waals surface area (Å²) in [5.74, 6) is -2.07. The van der Waals surface area contributed by atoms with Gasteiger partial charge in [-0.2, -0.15) is 13.2 Å². The van der Waals surface area contributed by atoms with Crippen LogP contribution in [0.15, 0.2) is 28.8 Å². The maximum absolute atomic E-state index is 12.9. The summed E-state index contributed by atoms with van der Waals surface area (Å²) in [5, 5.41) is 3.37. The smallest absolute Gasteiger partial charge is 0.416 e. The van der Waals surface area contributed by atoms with Crippen LogP contribution >= 0.6 is 0 Å². The van der Waals surface area contributed by atoms with Crippen molar-refractivity contribution in [3.05, 3.63) is 41.2 Å². The summed E-state index contributed by atoms with van der Waals surface area (Å²) in [6, 6.07) is 3.53. The summed E-state index contributed by atoms with van der Waals surface area (Å²) < 4.78 is 72.5. The highest BCUT2D eigenvalue weighted by atomic mass is 19.4. The molecular weight excluding hydrogens is 325 g/mol. The van der Waals surface area contributed by atoms with Gasteiger partial charge in [-0.25, -0.2) is 13.6 Å². The molecule has 124 valence electrons. The van der Waals surface area contributed by atoms with Gasteiger partial charge in [-0.1, -0.05) is 17.3 Å². The Hall–Kier alpha value is -2.45. The lowest BCUT2D eigenvalue weighted by molar-refractivity contribution is -0.137. The SMILES string of the molecule is CCOC(=O)c1c(-c2ccc(C(F)(F)F)cc2)noc1C(F)F. The highest BCUT2D eigenvalue weighted by molar-refractivity contribution is 5.97. The zero-order valence-electron chi connectivity index (χ0n) is 11.7. The van der Waals surface area contributed by atoms with E-state index in [9.17, 15) is 26.7 Å². The Bertz CT molecular complexity index is 691. The molecule has 0 radical (unpaired) electrons. The van der Waals surface area contributed by atoms with Gasteiger partial charge in [-0.05, 0) is 19.1 Å². The molecule has 1 heterocycles. The van der Waals surface area contributed by atoms with E-state index >= 15 is 0 Å². The van der Waals surface area contributed by atoms with Crippen LogP contribution in [0.3, 0.4) is 0 Å². The van der Waals surface area contributed by atoms with Gasteiger partial charge in [0.05, 0.1) is 12.2 Å². The second kappa shape index (κ2) is 6.35. The van der Waals surface area contributed by atoms with Crippen molar-refractivity contribution in [3.8, 4) is 11.3 Å². The fraction of sp³-hybridized carbons (Fsp3) is 0.286. The number of aromatic nitrogens is 1. The van der Waals surface area contributed by atoms with Crippen molar-refractivity contribution < 1.29 is 36.0 Å². The Morgan fingerprint density at radius 2 is 1.87 bits per heavy atom. The van der Waals surface area contributed by atoms with E-state index in [4.69, 9.17) is 0 Å². The molecule has 2 aromatic rings. The predicted octanol–water partition coefficient (Wildman–Crippen LogP) is 4.47. The average Bonchev–Trinajstić information content (AvgIpc) is 2.91. The molecule has 2 rings (SSSR count). The van der Waals surface area contributed by atoms with Crippen LogP contribution in [0.2, 0.25) is 0 Å². The van der Waals surface area contributed by atoms with Crippen molar-refractivity contribution in [2.24, 2.45) is 0 Å². The fourth-order valence-corrected chi connectivity index (χ4v) is 1.87. The Morgan fingerprint density at radius 1 is 1.26 bits per heavy atom. The molecule has 0 aliphatic heterocycles. The van der Waals surface area contributed by atoms with E-state index < -0.39 is 35.5 Å². The van der Waals surface area contributed by atoms with Gasteiger partial charge < -0.3 is 9.26 Å². The van der Waals surface area contributed by atoms with Crippen molar-refractivity contribution in [3.63, 3.8) is 0 Å². The predicted molar refractivity (Wildman–Crippen MR) is 67.9 cm³/mol. The van der Waals surface area contributed by atoms with Crippen molar-refractivity contribution in [1.29, 1.82) is 0 Å². The number of benzene rings is 1. The Morgan fingerprint density at radius 3 is 2.35 bits per heavy atom. The van der Waals surface area contributed by atoms with E-state index in [0.717, 1.165) is 24.3 Å². The quantitative estimate of drug-likeness (QED) is 0.611. The van der Waals surface area contributed by atoms with Crippen LogP contribution in [0, 0.1) is 0 Å². The van der Waals surface area contributed by atoms with Crippen LogP contribution in [0.5, 0.6) is 0 Å². The molecule has 0 unspecified atom stereocenters. The van der Waals surface area contributed by atoms with E-state index in [-0.39, 0.29) is 17.9 Å². The molecular formula is C14H10F5NO3. The first-order chi connectivity index (χ1) is 10.8. The number of esters is 1. The first kappa shape index (κ1) is 16.9. The van der Waals surface area contributed by atoms with E-state index in [1.54, 1.807) is 0 Å².